The highest BCUT2D eigenvalue weighted by atomic mass is 32.1. The molecule has 2 aromatic heterocycles. The quantitative estimate of drug-likeness (QED) is 0.680. The largest absolute Gasteiger partial charge is 0.340 e. The van der Waals surface area contributed by atoms with Gasteiger partial charge in [-0.05, 0) is 42.5 Å². The van der Waals surface area contributed by atoms with Crippen molar-refractivity contribution in [3.8, 4) is 5.69 Å². The highest BCUT2D eigenvalue weighted by Crippen LogP contribution is 2.32. The predicted molar refractivity (Wildman–Crippen MR) is 108 cm³/mol. The molecule has 0 unspecified atom stereocenters. The number of thiophene rings is 1. The maximum atomic E-state index is 12.7. The van der Waals surface area contributed by atoms with Crippen LogP contribution in [0.5, 0.6) is 0 Å². The smallest absolute Gasteiger partial charge is 0.236 e. The maximum Gasteiger partial charge on any atom is 0.236 e. The van der Waals surface area contributed by atoms with Gasteiger partial charge >= 0.3 is 0 Å². The molecule has 3 heterocycles. The van der Waals surface area contributed by atoms with E-state index in [4.69, 9.17) is 0 Å². The van der Waals surface area contributed by atoms with E-state index in [-0.39, 0.29) is 5.91 Å². The fourth-order valence-electron chi connectivity index (χ4n) is 3.60. The molecule has 0 saturated carbocycles. The fraction of sp³-hybridized carbons (Fsp3) is 0.333. The van der Waals surface area contributed by atoms with Crippen LogP contribution in [0.25, 0.3) is 5.69 Å². The van der Waals surface area contributed by atoms with Crippen LogP contribution in [0.1, 0.15) is 29.0 Å². The lowest BCUT2D eigenvalue weighted by atomic mass is 10.0. The molecule has 1 aromatic carbocycles. The van der Waals surface area contributed by atoms with Gasteiger partial charge in [-0.15, -0.1) is 11.3 Å². The summed E-state index contributed by atoms with van der Waals surface area (Å²) in [5.74, 6) is 0.146. The number of carbonyl (C=O) groups is 1. The minimum absolute atomic E-state index is 0.146. The van der Waals surface area contributed by atoms with Gasteiger partial charge in [-0.25, -0.2) is 4.68 Å². The normalized spacial score (nSPS) is 16.9. The number of likely N-dealkylation sites (N-methyl/N-ethyl adjacent to an activating group) is 1. The number of carbonyl (C=O) groups excluding carboxylic acids is 1. The third-order valence-corrected chi connectivity index (χ3v) is 6.24. The number of fused-ring (bicyclic) bond motifs is 1. The lowest BCUT2D eigenvalue weighted by Crippen LogP contribution is -2.41. The van der Waals surface area contributed by atoms with Crippen LogP contribution in [0.15, 0.2) is 54.2 Å². The monoisotopic (exact) mass is 380 g/mol. The van der Waals surface area contributed by atoms with Crippen LogP contribution in [0.2, 0.25) is 0 Å². The first-order valence-corrected chi connectivity index (χ1v) is 10.1. The zero-order valence-corrected chi connectivity index (χ0v) is 16.5. The molecule has 0 bridgehead atoms. The Morgan fingerprint density at radius 3 is 2.93 bits per heavy atom. The molecule has 140 valence electrons. The average Bonchev–Trinajstić information content (AvgIpc) is 3.34. The van der Waals surface area contributed by atoms with Crippen LogP contribution in [-0.2, 0) is 17.8 Å². The second-order valence-electron chi connectivity index (χ2n) is 7.07. The highest BCUT2D eigenvalue weighted by molar-refractivity contribution is 7.10. The van der Waals surface area contributed by atoms with Crippen molar-refractivity contribution in [1.29, 1.82) is 0 Å². The molecule has 0 saturated heterocycles. The van der Waals surface area contributed by atoms with E-state index < -0.39 is 0 Å². The maximum absolute atomic E-state index is 12.7. The topological polar surface area (TPSA) is 41.4 Å². The molecule has 1 aliphatic rings. The summed E-state index contributed by atoms with van der Waals surface area (Å²) >= 11 is 1.83. The van der Waals surface area contributed by atoms with E-state index in [0.29, 0.717) is 19.1 Å². The highest BCUT2D eigenvalue weighted by Gasteiger charge is 2.27. The van der Waals surface area contributed by atoms with Gasteiger partial charge in [-0.3, -0.25) is 9.69 Å². The number of rotatable bonds is 5. The molecule has 0 fully saturated rings. The molecule has 1 amide bonds. The van der Waals surface area contributed by atoms with E-state index in [1.807, 2.05) is 65.8 Å². The van der Waals surface area contributed by atoms with Crippen molar-refractivity contribution in [3.63, 3.8) is 0 Å². The Hall–Kier alpha value is -2.44. The summed E-state index contributed by atoms with van der Waals surface area (Å²) in [6.07, 6.45) is 4.86. The minimum Gasteiger partial charge on any atom is -0.340 e. The molecule has 0 radical (unpaired) electrons. The van der Waals surface area contributed by atoms with Crippen molar-refractivity contribution in [1.82, 2.24) is 19.6 Å². The second-order valence-corrected chi connectivity index (χ2v) is 8.07. The molecule has 1 atom stereocenters. The van der Waals surface area contributed by atoms with E-state index in [9.17, 15) is 4.79 Å². The summed E-state index contributed by atoms with van der Waals surface area (Å²) in [7, 11) is 1.87. The molecule has 4 rings (SSSR count). The van der Waals surface area contributed by atoms with E-state index in [2.05, 4.69) is 28.4 Å². The Balaban J connectivity index is 1.37. The van der Waals surface area contributed by atoms with Gasteiger partial charge in [0.1, 0.15) is 0 Å². The van der Waals surface area contributed by atoms with Crippen LogP contribution in [0.3, 0.4) is 0 Å². The average molecular weight is 381 g/mol. The van der Waals surface area contributed by atoms with Crippen LogP contribution in [0, 0.1) is 0 Å². The van der Waals surface area contributed by atoms with Gasteiger partial charge in [-0.1, -0.05) is 18.2 Å². The summed E-state index contributed by atoms with van der Waals surface area (Å²) in [4.78, 5) is 18.3. The van der Waals surface area contributed by atoms with Crippen LogP contribution >= 0.6 is 11.3 Å². The predicted octanol–water partition coefficient (Wildman–Crippen LogP) is 3.51. The third kappa shape index (κ3) is 3.82. The number of nitrogens with zero attached hydrogens (tertiary/aromatic N) is 4. The van der Waals surface area contributed by atoms with Gasteiger partial charge in [0.2, 0.25) is 5.91 Å². The number of benzene rings is 1. The van der Waals surface area contributed by atoms with Crippen molar-refractivity contribution < 1.29 is 4.79 Å². The van der Waals surface area contributed by atoms with Crippen LogP contribution in [0.4, 0.5) is 0 Å². The van der Waals surface area contributed by atoms with Crippen molar-refractivity contribution in [2.75, 3.05) is 20.1 Å². The van der Waals surface area contributed by atoms with Gasteiger partial charge in [0, 0.05) is 42.8 Å². The molecule has 0 N–H and O–H groups in total. The van der Waals surface area contributed by atoms with Crippen molar-refractivity contribution in [3.05, 3.63) is 70.2 Å². The molecule has 0 aliphatic carbocycles. The number of para-hydroxylation sites is 1. The molecule has 5 nitrogen and oxygen atoms in total. The van der Waals surface area contributed by atoms with E-state index >= 15 is 0 Å². The summed E-state index contributed by atoms with van der Waals surface area (Å²) in [5, 5.41) is 6.57. The minimum atomic E-state index is 0.146. The van der Waals surface area contributed by atoms with Crippen LogP contribution in [-0.4, -0.2) is 45.6 Å². The molecule has 3 aromatic rings. The molecular formula is C21H24N4OS. The van der Waals surface area contributed by atoms with Gasteiger partial charge in [0.25, 0.3) is 0 Å². The Morgan fingerprint density at radius 2 is 2.11 bits per heavy atom. The number of aromatic nitrogens is 2. The number of hydrogen-bond donors (Lipinski definition) is 0. The zero-order valence-electron chi connectivity index (χ0n) is 15.7. The van der Waals surface area contributed by atoms with Gasteiger partial charge in [0.05, 0.1) is 18.4 Å². The molecule has 6 heteroatoms. The number of amides is 1. The van der Waals surface area contributed by atoms with Gasteiger partial charge in [-0.2, -0.15) is 5.10 Å². The Kier molecular flexibility index (Phi) is 5.09. The summed E-state index contributed by atoms with van der Waals surface area (Å²) < 4.78 is 1.85. The van der Waals surface area contributed by atoms with Gasteiger partial charge < -0.3 is 4.90 Å². The first kappa shape index (κ1) is 17.9. The summed E-state index contributed by atoms with van der Waals surface area (Å²) in [6, 6.07) is 12.5. The second kappa shape index (κ2) is 7.66. The fourth-order valence-corrected chi connectivity index (χ4v) is 4.56. The van der Waals surface area contributed by atoms with E-state index in [1.165, 1.54) is 10.4 Å². The Labute approximate surface area is 163 Å². The lowest BCUT2D eigenvalue weighted by Gasteiger charge is -2.34. The van der Waals surface area contributed by atoms with E-state index in [0.717, 1.165) is 24.2 Å². The van der Waals surface area contributed by atoms with E-state index in [1.54, 1.807) is 4.90 Å². The molecular weight excluding hydrogens is 356 g/mol. The molecule has 27 heavy (non-hydrogen) atoms. The number of hydrogen-bond acceptors (Lipinski definition) is 4. The summed E-state index contributed by atoms with van der Waals surface area (Å²) in [5.41, 5.74) is 3.43. The standard InChI is InChI=1S/C21H24N4OS/c1-16-19-9-11-27-20(19)8-10-24(16)15-21(26)23(2)13-17-12-22-25(14-17)18-6-4-3-5-7-18/h3-7,9,11-12,14,16H,8,10,13,15H2,1-2H3/t16-/m0/s1. The first-order chi connectivity index (χ1) is 13.1. The molecule has 0 spiro atoms. The van der Waals surface area contributed by atoms with Crippen molar-refractivity contribution in [2.45, 2.75) is 25.9 Å². The summed E-state index contributed by atoms with van der Waals surface area (Å²) in [6.45, 7) is 4.17. The van der Waals surface area contributed by atoms with Crippen molar-refractivity contribution >= 4 is 17.2 Å². The lowest BCUT2D eigenvalue weighted by molar-refractivity contribution is -0.132. The zero-order chi connectivity index (χ0) is 18.8. The van der Waals surface area contributed by atoms with Gasteiger partial charge in [0.15, 0.2) is 0 Å². The first-order valence-electron chi connectivity index (χ1n) is 9.25. The van der Waals surface area contributed by atoms with Crippen LogP contribution < -0.4 is 0 Å². The Morgan fingerprint density at radius 1 is 1.30 bits per heavy atom. The Bertz CT molecular complexity index is 917. The molecule has 1 aliphatic heterocycles. The third-order valence-electron chi connectivity index (χ3n) is 5.24. The van der Waals surface area contributed by atoms with Crippen molar-refractivity contribution in [2.24, 2.45) is 0 Å². The SMILES string of the molecule is C[C@H]1c2ccsc2CCN1CC(=O)N(C)Cc1cnn(-c2ccccc2)c1.